The Bertz CT molecular complexity index is 3060. The van der Waals surface area contributed by atoms with E-state index in [9.17, 15) is 0 Å². The van der Waals surface area contributed by atoms with Gasteiger partial charge in [-0.1, -0.05) is 54.6 Å². The van der Waals surface area contributed by atoms with Crippen LogP contribution in [0.4, 0.5) is 0 Å². The number of nitrogens with zero attached hydrogens (tertiary/aromatic N) is 6. The van der Waals surface area contributed by atoms with Crippen molar-refractivity contribution in [2.45, 2.75) is 0 Å². The fourth-order valence-electron chi connectivity index (χ4n) is 7.84. The SMILES string of the molecule is c1ccc(-n2c3ccccc3c3cc4c5c6c7ccncc7n7c8ncccc8nc7c6ccc5n(-c5ccccc5)c4cc32)cc1. The summed E-state index contributed by atoms with van der Waals surface area (Å²) in [6.45, 7) is 0. The fraction of sp³-hybridized carbons (Fsp3) is 0. The monoisotopic (exact) mass is 600 g/mol. The molecule has 6 heteroatoms. The molecule has 6 heterocycles. The van der Waals surface area contributed by atoms with Gasteiger partial charge >= 0.3 is 0 Å². The van der Waals surface area contributed by atoms with Gasteiger partial charge < -0.3 is 9.13 Å². The number of para-hydroxylation sites is 3. The summed E-state index contributed by atoms with van der Waals surface area (Å²) >= 11 is 0. The van der Waals surface area contributed by atoms with Crippen LogP contribution in [0.15, 0.2) is 146 Å². The number of pyridine rings is 3. The van der Waals surface area contributed by atoms with E-state index < -0.39 is 0 Å². The van der Waals surface area contributed by atoms with E-state index in [-0.39, 0.29) is 0 Å². The van der Waals surface area contributed by atoms with E-state index >= 15 is 0 Å². The Morgan fingerprint density at radius 2 is 1.17 bits per heavy atom. The lowest BCUT2D eigenvalue weighted by molar-refractivity contribution is 1.16. The number of hydrogen-bond acceptors (Lipinski definition) is 3. The first-order valence-corrected chi connectivity index (χ1v) is 15.8. The maximum atomic E-state index is 5.14. The van der Waals surface area contributed by atoms with E-state index in [1.807, 2.05) is 30.7 Å². The minimum Gasteiger partial charge on any atom is -0.309 e. The van der Waals surface area contributed by atoms with Crippen LogP contribution in [0, 0.1) is 0 Å². The molecular formula is C41H24N6. The third-order valence-electron chi connectivity index (χ3n) is 9.72. The van der Waals surface area contributed by atoms with Gasteiger partial charge in [0.15, 0.2) is 5.65 Å². The van der Waals surface area contributed by atoms with E-state index in [0.717, 1.165) is 55.5 Å². The minimum absolute atomic E-state index is 0.838. The zero-order valence-corrected chi connectivity index (χ0v) is 25.0. The molecule has 0 fully saturated rings. The summed E-state index contributed by atoms with van der Waals surface area (Å²) < 4.78 is 6.97. The van der Waals surface area contributed by atoms with Crippen molar-refractivity contribution >= 4 is 82.1 Å². The van der Waals surface area contributed by atoms with Gasteiger partial charge in [0.25, 0.3) is 0 Å². The number of rotatable bonds is 2. The number of imidazole rings is 1. The van der Waals surface area contributed by atoms with Gasteiger partial charge in [-0.2, -0.15) is 0 Å². The maximum absolute atomic E-state index is 5.14. The van der Waals surface area contributed by atoms with Crippen molar-refractivity contribution in [3.63, 3.8) is 0 Å². The van der Waals surface area contributed by atoms with Gasteiger partial charge in [-0.3, -0.25) is 9.38 Å². The first-order chi connectivity index (χ1) is 23.3. The fourth-order valence-corrected chi connectivity index (χ4v) is 7.84. The van der Waals surface area contributed by atoms with Gasteiger partial charge in [-0.25, -0.2) is 9.97 Å². The van der Waals surface area contributed by atoms with Crippen LogP contribution in [0.2, 0.25) is 0 Å². The summed E-state index contributed by atoms with van der Waals surface area (Å²) in [6.07, 6.45) is 5.66. The highest BCUT2D eigenvalue weighted by molar-refractivity contribution is 6.32. The highest BCUT2D eigenvalue weighted by atomic mass is 15.1. The molecule has 0 bridgehead atoms. The van der Waals surface area contributed by atoms with E-state index in [1.165, 1.54) is 38.0 Å². The molecule has 0 radical (unpaired) electrons. The normalized spacial score (nSPS) is 12.3. The van der Waals surface area contributed by atoms with Gasteiger partial charge in [-0.05, 0) is 72.8 Å². The van der Waals surface area contributed by atoms with Crippen LogP contribution >= 0.6 is 0 Å². The molecule has 6 nitrogen and oxygen atoms in total. The Morgan fingerprint density at radius 1 is 0.426 bits per heavy atom. The summed E-state index contributed by atoms with van der Waals surface area (Å²) in [5, 5.41) is 8.26. The lowest BCUT2D eigenvalue weighted by atomic mass is 10.00. The highest BCUT2D eigenvalue weighted by Crippen LogP contribution is 2.44. The van der Waals surface area contributed by atoms with Gasteiger partial charge in [0.1, 0.15) is 11.2 Å². The molecule has 6 aromatic heterocycles. The first-order valence-electron chi connectivity index (χ1n) is 15.8. The molecule has 5 aromatic carbocycles. The summed E-state index contributed by atoms with van der Waals surface area (Å²) in [4.78, 5) is 14.4. The number of aromatic nitrogens is 6. The van der Waals surface area contributed by atoms with E-state index in [0.29, 0.717) is 0 Å². The summed E-state index contributed by atoms with van der Waals surface area (Å²) in [7, 11) is 0. The topological polar surface area (TPSA) is 52.9 Å². The van der Waals surface area contributed by atoms with Crippen molar-refractivity contribution in [2.24, 2.45) is 0 Å². The standard InChI is InChI=1S/C41H24N6/c1-3-10-25(11-4-1)45-33-16-8-7-14-27(33)30-22-31-36(23-35(30)45)46(26-12-5-2-6-13-26)34-18-17-29-38(39(31)34)28-19-21-42-24-37(28)47-40(29)44-32-15-9-20-43-41(32)47/h1-24H. The van der Waals surface area contributed by atoms with Crippen LogP contribution in [-0.4, -0.2) is 28.5 Å². The van der Waals surface area contributed by atoms with Crippen molar-refractivity contribution < 1.29 is 0 Å². The highest BCUT2D eigenvalue weighted by Gasteiger charge is 2.23. The number of hydrogen-bond donors (Lipinski definition) is 0. The Balaban J connectivity index is 1.41. The predicted molar refractivity (Wildman–Crippen MR) is 192 cm³/mol. The van der Waals surface area contributed by atoms with Gasteiger partial charge in [0.05, 0.1) is 33.8 Å². The molecule has 0 amide bonds. The quantitative estimate of drug-likeness (QED) is 0.186. The molecule has 47 heavy (non-hydrogen) atoms. The van der Waals surface area contributed by atoms with Crippen LogP contribution in [0.5, 0.6) is 0 Å². The molecular weight excluding hydrogens is 576 g/mol. The molecule has 0 N–H and O–H groups in total. The molecule has 11 rings (SSSR count). The van der Waals surface area contributed by atoms with E-state index in [2.05, 4.69) is 134 Å². The Kier molecular flexibility index (Phi) is 4.75. The van der Waals surface area contributed by atoms with Crippen LogP contribution in [0.1, 0.15) is 0 Å². The van der Waals surface area contributed by atoms with Crippen LogP contribution < -0.4 is 0 Å². The summed E-state index contributed by atoms with van der Waals surface area (Å²) in [5.74, 6) is 0. The molecule has 0 aliphatic heterocycles. The third kappa shape index (κ3) is 3.21. The molecule has 218 valence electrons. The number of fused-ring (bicyclic) bond motifs is 15. The number of benzene rings is 5. The molecule has 0 saturated heterocycles. The second-order valence-electron chi connectivity index (χ2n) is 12.1. The largest absolute Gasteiger partial charge is 0.309 e. The van der Waals surface area contributed by atoms with Crippen molar-refractivity contribution in [3.05, 3.63) is 146 Å². The summed E-state index contributed by atoms with van der Waals surface area (Å²) in [5.41, 5.74) is 10.5. The van der Waals surface area contributed by atoms with E-state index in [1.54, 1.807) is 0 Å². The van der Waals surface area contributed by atoms with Crippen LogP contribution in [0.25, 0.3) is 93.5 Å². The van der Waals surface area contributed by atoms with Crippen molar-refractivity contribution in [1.82, 2.24) is 28.5 Å². The van der Waals surface area contributed by atoms with E-state index in [4.69, 9.17) is 9.97 Å². The van der Waals surface area contributed by atoms with Gasteiger partial charge in [-0.15, -0.1) is 0 Å². The van der Waals surface area contributed by atoms with Gasteiger partial charge in [0, 0.05) is 61.5 Å². The molecule has 0 unspecified atom stereocenters. The van der Waals surface area contributed by atoms with Crippen molar-refractivity contribution in [1.29, 1.82) is 0 Å². The van der Waals surface area contributed by atoms with Crippen molar-refractivity contribution in [3.8, 4) is 11.4 Å². The second kappa shape index (κ2) is 9.02. The van der Waals surface area contributed by atoms with Gasteiger partial charge in [0.2, 0.25) is 0 Å². The Labute approximate surface area is 267 Å². The average Bonchev–Trinajstić information content (AvgIpc) is 3.79. The molecule has 0 aliphatic rings. The first kappa shape index (κ1) is 24.8. The average molecular weight is 601 g/mol. The molecule has 11 aromatic rings. The Morgan fingerprint density at radius 3 is 2.00 bits per heavy atom. The lowest BCUT2D eigenvalue weighted by Gasteiger charge is -2.11. The van der Waals surface area contributed by atoms with Crippen molar-refractivity contribution in [2.75, 3.05) is 0 Å². The zero-order chi connectivity index (χ0) is 30.6. The lowest BCUT2D eigenvalue weighted by Crippen LogP contribution is -1.96. The van der Waals surface area contributed by atoms with Crippen LogP contribution in [-0.2, 0) is 0 Å². The van der Waals surface area contributed by atoms with Crippen LogP contribution in [0.3, 0.4) is 0 Å². The minimum atomic E-state index is 0.838. The molecule has 0 spiro atoms. The Hall–Kier alpha value is -6.53. The predicted octanol–water partition coefficient (Wildman–Crippen LogP) is 9.78. The molecule has 0 saturated carbocycles. The zero-order valence-electron chi connectivity index (χ0n) is 25.0. The molecule has 0 atom stereocenters. The molecule has 0 aliphatic carbocycles. The second-order valence-corrected chi connectivity index (χ2v) is 12.1. The summed E-state index contributed by atoms with van der Waals surface area (Å²) in [6, 6.07) is 45.5. The maximum Gasteiger partial charge on any atom is 0.165 e. The third-order valence-corrected chi connectivity index (χ3v) is 9.72. The smallest absolute Gasteiger partial charge is 0.165 e.